The highest BCUT2D eigenvalue weighted by Gasteiger charge is 2.16. The van der Waals surface area contributed by atoms with Crippen molar-refractivity contribution >= 4 is 17.6 Å². The third kappa shape index (κ3) is 3.72. The van der Waals surface area contributed by atoms with E-state index in [1.807, 2.05) is 0 Å². The van der Waals surface area contributed by atoms with Crippen LogP contribution in [-0.4, -0.2) is 25.2 Å². The molecule has 0 fully saturated rings. The third-order valence-corrected chi connectivity index (χ3v) is 2.16. The van der Waals surface area contributed by atoms with E-state index in [0.717, 1.165) is 0 Å². The van der Waals surface area contributed by atoms with Gasteiger partial charge >= 0.3 is 11.9 Å². The summed E-state index contributed by atoms with van der Waals surface area (Å²) >= 11 is 0. The molecule has 0 heterocycles. The van der Waals surface area contributed by atoms with Crippen LogP contribution in [0, 0.1) is 0 Å². The second-order valence-corrected chi connectivity index (χ2v) is 3.36. The lowest BCUT2D eigenvalue weighted by molar-refractivity contribution is 0.0526. The van der Waals surface area contributed by atoms with Gasteiger partial charge < -0.3 is 9.47 Å². The molecule has 0 radical (unpaired) electrons. The highest BCUT2D eigenvalue weighted by molar-refractivity contribution is 5.99. The van der Waals surface area contributed by atoms with Crippen molar-refractivity contribution in [3.8, 4) is 0 Å². The van der Waals surface area contributed by atoms with Crippen LogP contribution in [0.15, 0.2) is 23.3 Å². The predicted molar refractivity (Wildman–Crippen MR) is 67.2 cm³/mol. The van der Waals surface area contributed by atoms with Crippen molar-refractivity contribution in [2.45, 2.75) is 13.8 Å². The number of hydrogen-bond acceptors (Lipinski definition) is 5. The SMILES string of the molecule is CCOC(=O)c1ccc(N=[N+]=[N-])c(C(=O)OCC)c1. The number of ether oxygens (including phenoxy) is 2. The molecule has 19 heavy (non-hydrogen) atoms. The van der Waals surface area contributed by atoms with Crippen molar-refractivity contribution in [2.24, 2.45) is 5.11 Å². The van der Waals surface area contributed by atoms with E-state index in [0.29, 0.717) is 0 Å². The van der Waals surface area contributed by atoms with Gasteiger partial charge in [0.25, 0.3) is 0 Å². The summed E-state index contributed by atoms with van der Waals surface area (Å²) in [6, 6.07) is 4.09. The predicted octanol–water partition coefficient (Wildman–Crippen LogP) is 2.98. The molecular weight excluding hydrogens is 250 g/mol. The molecule has 0 amide bonds. The van der Waals surface area contributed by atoms with Crippen LogP contribution in [0.25, 0.3) is 10.4 Å². The molecule has 0 saturated heterocycles. The van der Waals surface area contributed by atoms with Crippen LogP contribution < -0.4 is 0 Å². The second-order valence-electron chi connectivity index (χ2n) is 3.36. The normalized spacial score (nSPS) is 9.37. The van der Waals surface area contributed by atoms with Crippen LogP contribution >= 0.6 is 0 Å². The Hall–Kier alpha value is -2.53. The van der Waals surface area contributed by atoms with Gasteiger partial charge in [0.05, 0.1) is 30.0 Å². The van der Waals surface area contributed by atoms with E-state index in [2.05, 4.69) is 10.0 Å². The highest BCUT2D eigenvalue weighted by Crippen LogP contribution is 2.22. The van der Waals surface area contributed by atoms with Crippen molar-refractivity contribution in [1.82, 2.24) is 0 Å². The Balaban J connectivity index is 3.21. The van der Waals surface area contributed by atoms with Gasteiger partial charge in [-0.25, -0.2) is 9.59 Å². The van der Waals surface area contributed by atoms with E-state index in [-0.39, 0.29) is 30.0 Å². The third-order valence-electron chi connectivity index (χ3n) is 2.16. The molecule has 0 spiro atoms. The van der Waals surface area contributed by atoms with Crippen LogP contribution in [0.3, 0.4) is 0 Å². The van der Waals surface area contributed by atoms with Crippen molar-refractivity contribution in [1.29, 1.82) is 0 Å². The Bertz CT molecular complexity index is 536. The average Bonchev–Trinajstić information content (AvgIpc) is 2.40. The van der Waals surface area contributed by atoms with Gasteiger partial charge in [-0.05, 0) is 31.5 Å². The topological polar surface area (TPSA) is 101 Å². The number of azide groups is 1. The van der Waals surface area contributed by atoms with Gasteiger partial charge in [0.1, 0.15) is 0 Å². The summed E-state index contributed by atoms with van der Waals surface area (Å²) in [7, 11) is 0. The van der Waals surface area contributed by atoms with E-state index in [4.69, 9.17) is 15.0 Å². The fourth-order valence-electron chi connectivity index (χ4n) is 1.39. The lowest BCUT2D eigenvalue weighted by Gasteiger charge is -2.07. The van der Waals surface area contributed by atoms with Gasteiger partial charge in [-0.2, -0.15) is 0 Å². The number of carbonyl (C=O) groups is 2. The summed E-state index contributed by atoms with van der Waals surface area (Å²) < 4.78 is 9.66. The molecule has 7 heteroatoms. The van der Waals surface area contributed by atoms with Gasteiger partial charge in [0.15, 0.2) is 0 Å². The maximum atomic E-state index is 11.7. The standard InChI is InChI=1S/C12H13N3O4/c1-3-18-11(16)8-5-6-10(14-15-13)9(7-8)12(17)19-4-2/h5-7H,3-4H2,1-2H3. The molecule has 1 aromatic rings. The van der Waals surface area contributed by atoms with E-state index >= 15 is 0 Å². The Morgan fingerprint density at radius 2 is 1.84 bits per heavy atom. The number of benzene rings is 1. The van der Waals surface area contributed by atoms with Crippen molar-refractivity contribution in [2.75, 3.05) is 13.2 Å². The molecule has 0 bridgehead atoms. The highest BCUT2D eigenvalue weighted by atomic mass is 16.5. The molecule has 0 unspecified atom stereocenters. The summed E-state index contributed by atoms with van der Waals surface area (Å²) in [5, 5.41) is 3.38. The minimum atomic E-state index is -0.656. The zero-order valence-corrected chi connectivity index (χ0v) is 10.6. The first kappa shape index (κ1) is 14.5. The number of rotatable bonds is 5. The summed E-state index contributed by atoms with van der Waals surface area (Å²) in [5.41, 5.74) is 8.77. The van der Waals surface area contributed by atoms with Crippen LogP contribution in [0.1, 0.15) is 34.6 Å². The summed E-state index contributed by atoms with van der Waals surface area (Å²) in [4.78, 5) is 25.9. The molecule has 1 aromatic carbocycles. The van der Waals surface area contributed by atoms with Gasteiger partial charge in [-0.15, -0.1) is 0 Å². The average molecular weight is 263 g/mol. The molecular formula is C12H13N3O4. The Kier molecular flexibility index (Phi) is 5.37. The largest absolute Gasteiger partial charge is 0.462 e. The van der Waals surface area contributed by atoms with Gasteiger partial charge in [0, 0.05) is 4.91 Å². The fourth-order valence-corrected chi connectivity index (χ4v) is 1.39. The maximum absolute atomic E-state index is 11.7. The van der Waals surface area contributed by atoms with Crippen LogP contribution in [-0.2, 0) is 9.47 Å². The van der Waals surface area contributed by atoms with Crippen LogP contribution in [0.4, 0.5) is 5.69 Å². The molecule has 7 nitrogen and oxygen atoms in total. The Morgan fingerprint density at radius 3 is 2.42 bits per heavy atom. The number of carbonyl (C=O) groups excluding carboxylic acids is 2. The first-order valence-corrected chi connectivity index (χ1v) is 5.67. The fraction of sp³-hybridized carbons (Fsp3) is 0.333. The molecule has 0 atom stereocenters. The molecule has 1 rings (SSSR count). The van der Waals surface area contributed by atoms with Crippen LogP contribution in [0.2, 0.25) is 0 Å². The summed E-state index contributed by atoms with van der Waals surface area (Å²) in [6.45, 7) is 3.74. The lowest BCUT2D eigenvalue weighted by Crippen LogP contribution is -2.09. The second kappa shape index (κ2) is 7.03. The minimum Gasteiger partial charge on any atom is -0.462 e. The van der Waals surface area contributed by atoms with Crippen molar-refractivity contribution in [3.05, 3.63) is 39.8 Å². The minimum absolute atomic E-state index is 0.0326. The van der Waals surface area contributed by atoms with E-state index < -0.39 is 11.9 Å². The zero-order chi connectivity index (χ0) is 14.3. The van der Waals surface area contributed by atoms with Gasteiger partial charge in [-0.1, -0.05) is 11.2 Å². The zero-order valence-electron chi connectivity index (χ0n) is 10.6. The Morgan fingerprint density at radius 1 is 1.21 bits per heavy atom. The molecule has 0 aliphatic carbocycles. The van der Waals surface area contributed by atoms with E-state index in [9.17, 15) is 9.59 Å². The van der Waals surface area contributed by atoms with Crippen molar-refractivity contribution in [3.63, 3.8) is 0 Å². The lowest BCUT2D eigenvalue weighted by atomic mass is 10.1. The molecule has 0 saturated carbocycles. The molecule has 0 aliphatic heterocycles. The summed E-state index contributed by atoms with van der Waals surface area (Å²) in [5.74, 6) is -1.21. The smallest absolute Gasteiger partial charge is 0.338 e. The number of hydrogen-bond donors (Lipinski definition) is 0. The molecule has 0 N–H and O–H groups in total. The van der Waals surface area contributed by atoms with E-state index in [1.54, 1.807) is 13.8 Å². The number of esters is 2. The van der Waals surface area contributed by atoms with E-state index in [1.165, 1.54) is 18.2 Å². The first-order valence-electron chi connectivity index (χ1n) is 5.67. The maximum Gasteiger partial charge on any atom is 0.338 e. The van der Waals surface area contributed by atoms with Crippen molar-refractivity contribution < 1.29 is 19.1 Å². The molecule has 100 valence electrons. The summed E-state index contributed by atoms with van der Waals surface area (Å²) in [6.07, 6.45) is 0. The number of nitrogens with zero attached hydrogens (tertiary/aromatic N) is 3. The molecule has 0 aromatic heterocycles. The quantitative estimate of drug-likeness (QED) is 0.352. The molecule has 0 aliphatic rings. The van der Waals surface area contributed by atoms with Crippen LogP contribution in [0.5, 0.6) is 0 Å². The Labute approximate surface area is 109 Å². The monoisotopic (exact) mass is 263 g/mol. The van der Waals surface area contributed by atoms with Gasteiger partial charge in [0.2, 0.25) is 0 Å². The first-order chi connectivity index (χ1) is 9.13. The van der Waals surface area contributed by atoms with Gasteiger partial charge in [-0.3, -0.25) is 0 Å².